The highest BCUT2D eigenvalue weighted by Crippen LogP contribution is 2.45. The second-order valence-corrected chi connectivity index (χ2v) is 8.58. The molecule has 1 fully saturated rings. The van der Waals surface area contributed by atoms with Gasteiger partial charge in [0.25, 0.3) is 11.7 Å². The lowest BCUT2D eigenvalue weighted by Crippen LogP contribution is -2.29. The van der Waals surface area contributed by atoms with E-state index in [4.69, 9.17) is 25.8 Å². The maximum Gasteiger partial charge on any atom is 0.573 e. The molecule has 0 aliphatic carbocycles. The van der Waals surface area contributed by atoms with Crippen molar-refractivity contribution in [1.82, 2.24) is 0 Å². The Morgan fingerprint density at radius 3 is 2.00 bits per heavy atom. The summed E-state index contributed by atoms with van der Waals surface area (Å²) in [5.41, 5.74) is 0.242. The molecule has 1 amide bonds. The zero-order chi connectivity index (χ0) is 28.5. The molecule has 3 aromatic carbocycles. The number of halogens is 4. The molecule has 1 aliphatic rings. The van der Waals surface area contributed by atoms with Crippen LogP contribution < -0.4 is 23.8 Å². The minimum atomic E-state index is -4.91. The number of rotatable bonds is 7. The fourth-order valence-corrected chi connectivity index (χ4v) is 4.43. The quantitative estimate of drug-likeness (QED) is 0.218. The normalized spacial score (nSPS) is 16.8. The molecule has 0 saturated carbocycles. The fraction of sp³-hybridized carbons (Fsp3) is 0.185. The predicted octanol–water partition coefficient (Wildman–Crippen LogP) is 5.89. The van der Waals surface area contributed by atoms with E-state index in [-0.39, 0.29) is 33.3 Å². The van der Waals surface area contributed by atoms with Gasteiger partial charge in [0.1, 0.15) is 28.8 Å². The van der Waals surface area contributed by atoms with Crippen LogP contribution in [0.4, 0.5) is 18.9 Å². The van der Waals surface area contributed by atoms with Gasteiger partial charge in [-0.3, -0.25) is 14.5 Å². The van der Waals surface area contributed by atoms with Gasteiger partial charge < -0.3 is 24.1 Å². The van der Waals surface area contributed by atoms with Gasteiger partial charge >= 0.3 is 6.36 Å². The van der Waals surface area contributed by atoms with Gasteiger partial charge in [0.05, 0.1) is 43.5 Å². The predicted molar refractivity (Wildman–Crippen MR) is 135 cm³/mol. The van der Waals surface area contributed by atoms with E-state index in [0.717, 1.165) is 17.0 Å². The molecule has 1 saturated heterocycles. The number of aliphatic hydroxyl groups is 1. The Labute approximate surface area is 225 Å². The molecule has 1 unspecified atom stereocenters. The summed E-state index contributed by atoms with van der Waals surface area (Å²) >= 11 is 6.18. The minimum Gasteiger partial charge on any atom is -0.507 e. The van der Waals surface area contributed by atoms with E-state index in [2.05, 4.69) is 4.74 Å². The van der Waals surface area contributed by atoms with E-state index >= 15 is 0 Å². The molecule has 39 heavy (non-hydrogen) atoms. The lowest BCUT2D eigenvalue weighted by molar-refractivity contribution is -0.274. The van der Waals surface area contributed by atoms with Crippen LogP contribution >= 0.6 is 11.6 Å². The van der Waals surface area contributed by atoms with E-state index in [1.165, 1.54) is 45.6 Å². The zero-order valence-corrected chi connectivity index (χ0v) is 21.5. The summed E-state index contributed by atoms with van der Waals surface area (Å²) in [6.07, 6.45) is -4.91. The highest BCUT2D eigenvalue weighted by Gasteiger charge is 2.47. The number of ether oxygens (including phenoxy) is 4. The molecule has 0 bridgehead atoms. The topological polar surface area (TPSA) is 94.5 Å². The number of methoxy groups -OCH3 is 3. The fourth-order valence-electron chi connectivity index (χ4n) is 4.20. The van der Waals surface area contributed by atoms with E-state index in [9.17, 15) is 27.9 Å². The number of hydrogen-bond acceptors (Lipinski definition) is 7. The molecule has 4 rings (SSSR count). The van der Waals surface area contributed by atoms with Crippen molar-refractivity contribution < 1.29 is 46.8 Å². The van der Waals surface area contributed by atoms with Crippen molar-refractivity contribution in [2.75, 3.05) is 26.2 Å². The zero-order valence-electron chi connectivity index (χ0n) is 20.7. The molecule has 1 aliphatic heterocycles. The first kappa shape index (κ1) is 27.6. The van der Waals surface area contributed by atoms with Gasteiger partial charge in [-0.15, -0.1) is 13.2 Å². The first-order valence-electron chi connectivity index (χ1n) is 11.2. The Bertz CT molecular complexity index is 1440. The molecule has 12 heteroatoms. The standard InChI is InChI=1S/C27H21ClF3NO7/c1-36-16-8-4-14(5-9-16)23-22(24(33)18-12-21(38-3)19(28)13-20(18)37-2)25(34)26(35)32(23)15-6-10-17(11-7-15)39-27(29,30)31/h4-13,23,33H,1-3H3/b24-22+. The summed E-state index contributed by atoms with van der Waals surface area (Å²) in [7, 11) is 4.16. The molecule has 8 nitrogen and oxygen atoms in total. The molecule has 204 valence electrons. The summed E-state index contributed by atoms with van der Waals surface area (Å²) < 4.78 is 57.6. The Morgan fingerprint density at radius 1 is 0.872 bits per heavy atom. The van der Waals surface area contributed by atoms with Crippen LogP contribution in [0, 0.1) is 0 Å². The third-order valence-electron chi connectivity index (χ3n) is 5.95. The van der Waals surface area contributed by atoms with Crippen LogP contribution in [0.2, 0.25) is 5.02 Å². The number of Topliss-reactive ketones (excluding diaryl/α,β-unsaturated/α-hetero) is 1. The molecule has 0 aromatic heterocycles. The van der Waals surface area contributed by atoms with E-state index < -0.39 is 35.6 Å². The van der Waals surface area contributed by atoms with Crippen LogP contribution in [0.15, 0.2) is 66.2 Å². The first-order valence-corrected chi connectivity index (χ1v) is 11.6. The molecule has 0 spiro atoms. The van der Waals surface area contributed by atoms with Crippen molar-refractivity contribution in [2.45, 2.75) is 12.4 Å². The van der Waals surface area contributed by atoms with Gasteiger partial charge in [0.15, 0.2) is 0 Å². The number of alkyl halides is 3. The smallest absolute Gasteiger partial charge is 0.507 e. The SMILES string of the molecule is COc1ccc(C2/C(=C(\O)c3cc(OC)c(Cl)cc3OC)C(=O)C(=O)N2c2ccc(OC(F)(F)F)cc2)cc1. The Kier molecular flexibility index (Phi) is 7.64. The number of benzene rings is 3. The second kappa shape index (κ2) is 10.8. The number of amides is 1. The monoisotopic (exact) mass is 563 g/mol. The summed E-state index contributed by atoms with van der Waals surface area (Å²) in [5, 5.41) is 11.6. The van der Waals surface area contributed by atoms with Gasteiger partial charge in [-0.2, -0.15) is 0 Å². The lowest BCUT2D eigenvalue weighted by atomic mass is 9.94. The van der Waals surface area contributed by atoms with Crippen molar-refractivity contribution in [3.63, 3.8) is 0 Å². The van der Waals surface area contributed by atoms with Crippen molar-refractivity contribution >= 4 is 34.7 Å². The molecular weight excluding hydrogens is 543 g/mol. The van der Waals surface area contributed by atoms with Gasteiger partial charge in [-0.1, -0.05) is 23.7 Å². The van der Waals surface area contributed by atoms with Crippen LogP contribution in [0.1, 0.15) is 17.2 Å². The largest absolute Gasteiger partial charge is 0.573 e. The maximum atomic E-state index is 13.4. The first-order chi connectivity index (χ1) is 18.5. The van der Waals surface area contributed by atoms with Gasteiger partial charge in [0, 0.05) is 11.8 Å². The number of carbonyl (C=O) groups is 2. The lowest BCUT2D eigenvalue weighted by Gasteiger charge is -2.26. The average molecular weight is 564 g/mol. The maximum absolute atomic E-state index is 13.4. The van der Waals surface area contributed by atoms with E-state index in [0.29, 0.717) is 11.3 Å². The number of carbonyl (C=O) groups excluding carboxylic acids is 2. The van der Waals surface area contributed by atoms with E-state index in [1.54, 1.807) is 24.3 Å². The Morgan fingerprint density at radius 2 is 1.46 bits per heavy atom. The van der Waals surface area contributed by atoms with Crippen molar-refractivity contribution in [1.29, 1.82) is 0 Å². The molecule has 3 aromatic rings. The van der Waals surface area contributed by atoms with Crippen LogP contribution in [-0.4, -0.2) is 44.5 Å². The summed E-state index contributed by atoms with van der Waals surface area (Å²) in [4.78, 5) is 27.8. The van der Waals surface area contributed by atoms with Crippen LogP contribution in [0.3, 0.4) is 0 Å². The van der Waals surface area contributed by atoms with Crippen LogP contribution in [0.5, 0.6) is 23.0 Å². The van der Waals surface area contributed by atoms with Gasteiger partial charge in [-0.05, 0) is 48.0 Å². The summed E-state index contributed by atoms with van der Waals surface area (Å²) in [5.74, 6) is -2.35. The number of nitrogens with zero attached hydrogens (tertiary/aromatic N) is 1. The molecule has 1 atom stereocenters. The van der Waals surface area contributed by atoms with Crippen molar-refractivity contribution in [2.24, 2.45) is 0 Å². The van der Waals surface area contributed by atoms with Crippen LogP contribution in [-0.2, 0) is 9.59 Å². The second-order valence-electron chi connectivity index (χ2n) is 8.17. The average Bonchev–Trinajstić information content (AvgIpc) is 3.17. The number of hydrogen-bond donors (Lipinski definition) is 1. The summed E-state index contributed by atoms with van der Waals surface area (Å²) in [6, 6.07) is 12.4. The number of anilines is 1. The minimum absolute atomic E-state index is 0.0317. The highest BCUT2D eigenvalue weighted by atomic mass is 35.5. The van der Waals surface area contributed by atoms with Crippen molar-refractivity contribution in [3.8, 4) is 23.0 Å². The molecule has 1 N–H and O–H groups in total. The summed E-state index contributed by atoms with van der Waals surface area (Å²) in [6.45, 7) is 0. The molecule has 0 radical (unpaired) electrons. The van der Waals surface area contributed by atoms with Gasteiger partial charge in [0.2, 0.25) is 0 Å². The number of aliphatic hydroxyl groups excluding tert-OH is 1. The molecular formula is C27H21ClF3NO7. The van der Waals surface area contributed by atoms with Crippen LogP contribution in [0.25, 0.3) is 5.76 Å². The molecule has 1 heterocycles. The third-order valence-corrected chi connectivity index (χ3v) is 6.25. The van der Waals surface area contributed by atoms with Crippen molar-refractivity contribution in [3.05, 3.63) is 82.4 Å². The Hall–Kier alpha value is -4.38. The Balaban J connectivity index is 1.92. The number of ketones is 1. The third kappa shape index (κ3) is 5.44. The van der Waals surface area contributed by atoms with E-state index in [1.807, 2.05) is 0 Å². The van der Waals surface area contributed by atoms with Gasteiger partial charge in [-0.25, -0.2) is 0 Å². The highest BCUT2D eigenvalue weighted by molar-refractivity contribution is 6.51.